The molecule has 0 aliphatic rings. The molecule has 1 nitrogen and oxygen atoms in total. The van der Waals surface area contributed by atoms with Gasteiger partial charge in [0.25, 0.3) is 0 Å². The van der Waals surface area contributed by atoms with Crippen molar-refractivity contribution in [3.63, 3.8) is 0 Å². The summed E-state index contributed by atoms with van der Waals surface area (Å²) in [5, 5.41) is 0. The highest BCUT2D eigenvalue weighted by Crippen LogP contribution is 2.31. The summed E-state index contributed by atoms with van der Waals surface area (Å²) >= 11 is 9.54. The minimum Gasteiger partial charge on any atom is -0.344 e. The van der Waals surface area contributed by atoms with Crippen LogP contribution in [0.2, 0.25) is 0 Å². The summed E-state index contributed by atoms with van der Waals surface area (Å²) in [6, 6.07) is 12.8. The van der Waals surface area contributed by atoms with Crippen LogP contribution in [0, 0.1) is 13.8 Å². The van der Waals surface area contributed by atoms with Gasteiger partial charge in [-0.25, -0.2) is 0 Å². The van der Waals surface area contributed by atoms with Crippen LogP contribution in [0.1, 0.15) is 16.7 Å². The predicted octanol–water partition coefficient (Wildman–Crippen LogP) is 5.57. The van der Waals surface area contributed by atoms with E-state index in [2.05, 4.69) is 72.1 Å². The van der Waals surface area contributed by atoms with Crippen LogP contribution in [-0.2, 0) is 5.88 Å². The van der Waals surface area contributed by atoms with Gasteiger partial charge in [-0.15, -0.1) is 11.6 Å². The van der Waals surface area contributed by atoms with E-state index in [1.165, 1.54) is 16.8 Å². The summed E-state index contributed by atoms with van der Waals surface area (Å²) in [6.45, 7) is 4.24. The Kier molecular flexibility index (Phi) is 4.54. The van der Waals surface area contributed by atoms with E-state index in [0.717, 1.165) is 15.7 Å². The molecule has 0 radical (unpaired) electrons. The number of rotatable bonds is 3. The van der Waals surface area contributed by atoms with Crippen LogP contribution in [0.5, 0.6) is 0 Å². The average Bonchev–Trinajstić information content (AvgIpc) is 2.36. The molecule has 2 rings (SSSR count). The maximum atomic E-state index is 6.05. The van der Waals surface area contributed by atoms with E-state index in [1.807, 2.05) is 6.07 Å². The topological polar surface area (TPSA) is 3.24 Å². The molecule has 0 unspecified atom stereocenters. The van der Waals surface area contributed by atoms with Gasteiger partial charge in [-0.05, 0) is 60.9 Å². The van der Waals surface area contributed by atoms with E-state index >= 15 is 0 Å². The lowest BCUT2D eigenvalue weighted by Crippen LogP contribution is -2.11. The largest absolute Gasteiger partial charge is 0.344 e. The van der Waals surface area contributed by atoms with E-state index in [4.69, 9.17) is 11.6 Å². The summed E-state index contributed by atoms with van der Waals surface area (Å²) in [5.74, 6) is 0.504. The summed E-state index contributed by atoms with van der Waals surface area (Å²) < 4.78 is 1.06. The van der Waals surface area contributed by atoms with Crippen molar-refractivity contribution in [1.29, 1.82) is 0 Å². The maximum Gasteiger partial charge on any atom is 0.0495 e. The van der Waals surface area contributed by atoms with Gasteiger partial charge in [-0.1, -0.05) is 22.0 Å². The molecule has 3 heteroatoms. The van der Waals surface area contributed by atoms with E-state index < -0.39 is 0 Å². The molecule has 100 valence electrons. The Hall–Kier alpha value is -0.990. The molecular formula is C16H17BrClN. The van der Waals surface area contributed by atoms with Crippen LogP contribution in [-0.4, -0.2) is 7.05 Å². The number of nitrogens with zero attached hydrogens (tertiary/aromatic N) is 1. The standard InChI is InChI=1S/C16H17BrClN/c1-11-6-12(2)8-15(7-11)19(3)16-5-4-14(17)9-13(16)10-18/h4-9H,10H2,1-3H3. The van der Waals surface area contributed by atoms with Crippen molar-refractivity contribution in [1.82, 2.24) is 0 Å². The molecule has 0 saturated heterocycles. The second-order valence-corrected chi connectivity index (χ2v) is 5.99. The van der Waals surface area contributed by atoms with Gasteiger partial charge in [-0.2, -0.15) is 0 Å². The number of alkyl halides is 1. The Morgan fingerprint density at radius 2 is 1.68 bits per heavy atom. The van der Waals surface area contributed by atoms with Crippen LogP contribution in [0.15, 0.2) is 40.9 Å². The molecule has 0 aliphatic heterocycles. The molecule has 2 aromatic carbocycles. The quantitative estimate of drug-likeness (QED) is 0.661. The van der Waals surface area contributed by atoms with E-state index in [-0.39, 0.29) is 0 Å². The third-order valence-electron chi connectivity index (χ3n) is 3.14. The van der Waals surface area contributed by atoms with E-state index in [1.54, 1.807) is 0 Å². The maximum absolute atomic E-state index is 6.05. The minimum atomic E-state index is 0.504. The molecule has 19 heavy (non-hydrogen) atoms. The van der Waals surface area contributed by atoms with Gasteiger partial charge in [0, 0.05) is 28.8 Å². The predicted molar refractivity (Wildman–Crippen MR) is 87.7 cm³/mol. The number of anilines is 2. The lowest BCUT2D eigenvalue weighted by atomic mass is 10.1. The molecule has 0 aliphatic carbocycles. The molecule has 0 fully saturated rings. The fraction of sp³-hybridized carbons (Fsp3) is 0.250. The fourth-order valence-electron chi connectivity index (χ4n) is 2.27. The first-order chi connectivity index (χ1) is 9.01. The number of aryl methyl sites for hydroxylation is 2. The number of hydrogen-bond acceptors (Lipinski definition) is 1. The second kappa shape index (κ2) is 5.98. The Balaban J connectivity index is 2.46. The average molecular weight is 339 g/mol. The molecular weight excluding hydrogens is 322 g/mol. The fourth-order valence-corrected chi connectivity index (χ4v) is 2.89. The first-order valence-corrected chi connectivity index (χ1v) is 7.50. The van der Waals surface area contributed by atoms with Gasteiger partial charge >= 0.3 is 0 Å². The van der Waals surface area contributed by atoms with Crippen LogP contribution >= 0.6 is 27.5 Å². The summed E-state index contributed by atoms with van der Waals surface area (Å²) in [4.78, 5) is 2.18. The molecule has 0 heterocycles. The third-order valence-corrected chi connectivity index (χ3v) is 3.92. The summed E-state index contributed by atoms with van der Waals surface area (Å²) in [6.07, 6.45) is 0. The van der Waals surface area contributed by atoms with Gasteiger partial charge in [0.05, 0.1) is 0 Å². The van der Waals surface area contributed by atoms with Gasteiger partial charge in [0.15, 0.2) is 0 Å². The Morgan fingerprint density at radius 3 is 2.26 bits per heavy atom. The number of halogens is 2. The Morgan fingerprint density at radius 1 is 1.05 bits per heavy atom. The van der Waals surface area contributed by atoms with E-state index in [9.17, 15) is 0 Å². The zero-order valence-corrected chi connectivity index (χ0v) is 13.7. The molecule has 0 bridgehead atoms. The monoisotopic (exact) mass is 337 g/mol. The van der Waals surface area contributed by atoms with Crippen molar-refractivity contribution in [2.75, 3.05) is 11.9 Å². The number of benzene rings is 2. The van der Waals surface area contributed by atoms with Crippen molar-refractivity contribution in [3.8, 4) is 0 Å². The lowest BCUT2D eigenvalue weighted by molar-refractivity contribution is 1.16. The van der Waals surface area contributed by atoms with Crippen LogP contribution in [0.25, 0.3) is 0 Å². The zero-order valence-electron chi connectivity index (χ0n) is 11.4. The first-order valence-electron chi connectivity index (χ1n) is 6.17. The molecule has 0 spiro atoms. The van der Waals surface area contributed by atoms with Crippen molar-refractivity contribution in [2.45, 2.75) is 19.7 Å². The normalized spacial score (nSPS) is 10.6. The van der Waals surface area contributed by atoms with E-state index in [0.29, 0.717) is 5.88 Å². The Bertz CT molecular complexity index is 575. The molecule has 2 aromatic rings. The van der Waals surface area contributed by atoms with Gasteiger partial charge in [0.2, 0.25) is 0 Å². The summed E-state index contributed by atoms with van der Waals surface area (Å²) in [5.41, 5.74) is 5.99. The minimum absolute atomic E-state index is 0.504. The second-order valence-electron chi connectivity index (χ2n) is 4.81. The highest BCUT2D eigenvalue weighted by molar-refractivity contribution is 9.10. The van der Waals surface area contributed by atoms with Gasteiger partial charge in [-0.3, -0.25) is 0 Å². The molecule has 0 N–H and O–H groups in total. The van der Waals surface area contributed by atoms with Crippen LogP contribution in [0.4, 0.5) is 11.4 Å². The SMILES string of the molecule is Cc1cc(C)cc(N(C)c2ccc(Br)cc2CCl)c1. The Labute approximate surface area is 128 Å². The van der Waals surface area contributed by atoms with Crippen molar-refractivity contribution in [3.05, 3.63) is 57.6 Å². The molecule has 0 saturated carbocycles. The zero-order chi connectivity index (χ0) is 14.0. The molecule has 0 aromatic heterocycles. The summed E-state index contributed by atoms with van der Waals surface area (Å²) in [7, 11) is 2.08. The van der Waals surface area contributed by atoms with Gasteiger partial charge in [0.1, 0.15) is 0 Å². The van der Waals surface area contributed by atoms with Crippen LogP contribution in [0.3, 0.4) is 0 Å². The molecule has 0 atom stereocenters. The first kappa shape index (κ1) is 14.4. The number of hydrogen-bond donors (Lipinski definition) is 0. The smallest absolute Gasteiger partial charge is 0.0495 e. The highest BCUT2D eigenvalue weighted by atomic mass is 79.9. The molecule has 0 amide bonds. The van der Waals surface area contributed by atoms with Crippen LogP contribution < -0.4 is 4.90 Å². The van der Waals surface area contributed by atoms with Crippen molar-refractivity contribution >= 4 is 38.9 Å². The highest BCUT2D eigenvalue weighted by Gasteiger charge is 2.10. The van der Waals surface area contributed by atoms with Crippen molar-refractivity contribution in [2.24, 2.45) is 0 Å². The van der Waals surface area contributed by atoms with Crippen molar-refractivity contribution < 1.29 is 0 Å². The third kappa shape index (κ3) is 3.31. The lowest BCUT2D eigenvalue weighted by Gasteiger charge is -2.23. The van der Waals surface area contributed by atoms with Gasteiger partial charge < -0.3 is 4.90 Å².